The molecule has 21 heavy (non-hydrogen) atoms. The van der Waals surface area contributed by atoms with Crippen LogP contribution in [0.25, 0.3) is 0 Å². The first kappa shape index (κ1) is 16.5. The summed E-state index contributed by atoms with van der Waals surface area (Å²) in [5.41, 5.74) is 1.08. The molecule has 0 aliphatic carbocycles. The Hall–Kier alpha value is -0.900. The zero-order chi connectivity index (χ0) is 15.3. The van der Waals surface area contributed by atoms with Crippen molar-refractivity contribution in [3.8, 4) is 0 Å². The van der Waals surface area contributed by atoms with Crippen molar-refractivity contribution < 1.29 is 9.47 Å². The van der Waals surface area contributed by atoms with Crippen molar-refractivity contribution >= 4 is 0 Å². The molecule has 1 unspecified atom stereocenters. The van der Waals surface area contributed by atoms with Gasteiger partial charge in [-0.3, -0.25) is 0 Å². The highest BCUT2D eigenvalue weighted by Gasteiger charge is 2.46. The lowest BCUT2D eigenvalue weighted by Crippen LogP contribution is -2.35. The third-order valence-corrected chi connectivity index (χ3v) is 3.98. The van der Waals surface area contributed by atoms with Gasteiger partial charge in [-0.1, -0.05) is 30.3 Å². The Balaban J connectivity index is 1.60. The van der Waals surface area contributed by atoms with E-state index in [-0.39, 0.29) is 17.3 Å². The second-order valence-electron chi connectivity index (χ2n) is 7.04. The van der Waals surface area contributed by atoms with Gasteiger partial charge in [-0.15, -0.1) is 0 Å². The minimum Gasteiger partial charge on any atom is -0.375 e. The molecule has 1 aromatic carbocycles. The van der Waals surface area contributed by atoms with E-state index in [4.69, 9.17) is 9.47 Å². The molecule has 1 aliphatic rings. The van der Waals surface area contributed by atoms with Crippen molar-refractivity contribution in [3.63, 3.8) is 0 Å². The lowest BCUT2D eigenvalue weighted by Gasteiger charge is -2.27. The third-order valence-electron chi connectivity index (χ3n) is 3.98. The van der Waals surface area contributed by atoms with Crippen LogP contribution in [-0.4, -0.2) is 30.5 Å². The van der Waals surface area contributed by atoms with Crippen LogP contribution in [0.4, 0.5) is 0 Å². The molecule has 1 fully saturated rings. The maximum absolute atomic E-state index is 6.04. The van der Waals surface area contributed by atoms with Crippen LogP contribution in [0.15, 0.2) is 30.3 Å². The van der Waals surface area contributed by atoms with Crippen molar-refractivity contribution in [3.05, 3.63) is 35.9 Å². The molecule has 1 aliphatic heterocycles. The Morgan fingerprint density at radius 1 is 1.19 bits per heavy atom. The van der Waals surface area contributed by atoms with Gasteiger partial charge < -0.3 is 14.8 Å². The molecular weight excluding hydrogens is 262 g/mol. The van der Waals surface area contributed by atoms with Gasteiger partial charge in [0.05, 0.1) is 17.3 Å². The van der Waals surface area contributed by atoms with Gasteiger partial charge in [0.15, 0.2) is 0 Å². The van der Waals surface area contributed by atoms with E-state index in [1.165, 1.54) is 5.56 Å². The van der Waals surface area contributed by atoms with Crippen LogP contribution in [0, 0.1) is 0 Å². The van der Waals surface area contributed by atoms with Gasteiger partial charge in [0.2, 0.25) is 0 Å². The normalized spacial score (nSPS) is 23.3. The van der Waals surface area contributed by atoms with E-state index < -0.39 is 0 Å². The van der Waals surface area contributed by atoms with Crippen molar-refractivity contribution in [2.45, 2.75) is 64.4 Å². The summed E-state index contributed by atoms with van der Waals surface area (Å²) in [6.07, 6.45) is 2.19. The molecule has 0 bridgehead atoms. The molecule has 3 nitrogen and oxygen atoms in total. The summed E-state index contributed by atoms with van der Waals surface area (Å²) < 4.78 is 12.1. The van der Waals surface area contributed by atoms with E-state index in [1.54, 1.807) is 0 Å². The lowest BCUT2D eigenvalue weighted by atomic mass is 9.97. The van der Waals surface area contributed by atoms with E-state index in [0.29, 0.717) is 0 Å². The Bertz CT molecular complexity index is 428. The Morgan fingerprint density at radius 3 is 2.52 bits per heavy atom. The van der Waals surface area contributed by atoms with Gasteiger partial charge in [-0.2, -0.15) is 0 Å². The summed E-state index contributed by atoms with van der Waals surface area (Å²) in [5, 5.41) is 3.45. The fraction of sp³-hybridized carbons (Fsp3) is 0.667. The number of hydrogen-bond donors (Lipinski definition) is 1. The van der Waals surface area contributed by atoms with Gasteiger partial charge in [-0.25, -0.2) is 0 Å². The molecule has 1 aromatic rings. The molecule has 0 spiro atoms. The van der Waals surface area contributed by atoms with Gasteiger partial charge >= 0.3 is 0 Å². The number of rotatable bonds is 7. The van der Waals surface area contributed by atoms with E-state index in [9.17, 15) is 0 Å². The number of benzene rings is 1. The van der Waals surface area contributed by atoms with E-state index in [2.05, 4.69) is 57.3 Å². The SMILES string of the molecule is CC1(C)CC(OCCCNCc2ccccc2)C(C)(C)O1. The molecule has 1 saturated heterocycles. The number of ether oxygens (including phenoxy) is 2. The monoisotopic (exact) mass is 291 g/mol. The summed E-state index contributed by atoms with van der Waals surface area (Å²) in [6, 6.07) is 10.5. The highest BCUT2D eigenvalue weighted by atomic mass is 16.6. The molecule has 1 N–H and O–H groups in total. The topological polar surface area (TPSA) is 30.5 Å². The Morgan fingerprint density at radius 2 is 1.90 bits per heavy atom. The summed E-state index contributed by atoms with van der Waals surface area (Å²) in [6.45, 7) is 11.2. The van der Waals surface area contributed by atoms with Gasteiger partial charge in [-0.05, 0) is 46.2 Å². The van der Waals surface area contributed by atoms with Crippen LogP contribution in [0.5, 0.6) is 0 Å². The highest BCUT2D eigenvalue weighted by molar-refractivity contribution is 5.14. The summed E-state index contributed by atoms with van der Waals surface area (Å²) >= 11 is 0. The average Bonchev–Trinajstić information content (AvgIpc) is 2.62. The Kier molecular flexibility index (Phi) is 5.42. The summed E-state index contributed by atoms with van der Waals surface area (Å²) in [7, 11) is 0. The molecule has 2 rings (SSSR count). The zero-order valence-corrected chi connectivity index (χ0v) is 13.8. The fourth-order valence-electron chi connectivity index (χ4n) is 3.02. The molecule has 118 valence electrons. The summed E-state index contributed by atoms with van der Waals surface area (Å²) in [5.74, 6) is 0. The van der Waals surface area contributed by atoms with Crippen LogP contribution in [0.3, 0.4) is 0 Å². The number of hydrogen-bond acceptors (Lipinski definition) is 3. The van der Waals surface area contributed by atoms with Crippen LogP contribution in [0.2, 0.25) is 0 Å². The van der Waals surface area contributed by atoms with E-state index in [0.717, 1.165) is 32.5 Å². The van der Waals surface area contributed by atoms with Crippen molar-refractivity contribution in [2.75, 3.05) is 13.2 Å². The zero-order valence-electron chi connectivity index (χ0n) is 13.8. The third kappa shape index (κ3) is 5.10. The summed E-state index contributed by atoms with van der Waals surface area (Å²) in [4.78, 5) is 0. The second-order valence-corrected chi connectivity index (χ2v) is 7.04. The average molecular weight is 291 g/mol. The van der Waals surface area contributed by atoms with Crippen LogP contribution in [0.1, 0.15) is 46.1 Å². The van der Waals surface area contributed by atoms with Gasteiger partial charge in [0, 0.05) is 19.6 Å². The predicted octanol–water partition coefficient (Wildman–Crippen LogP) is 3.53. The smallest absolute Gasteiger partial charge is 0.0895 e. The maximum atomic E-state index is 6.04. The van der Waals surface area contributed by atoms with Crippen molar-refractivity contribution in [1.29, 1.82) is 0 Å². The Labute approximate surface area is 129 Å². The molecule has 0 amide bonds. The molecular formula is C18H29NO2. The molecule has 0 aromatic heterocycles. The first-order valence-corrected chi connectivity index (χ1v) is 7.95. The van der Waals surface area contributed by atoms with Crippen molar-refractivity contribution in [1.82, 2.24) is 5.32 Å². The van der Waals surface area contributed by atoms with Crippen LogP contribution >= 0.6 is 0 Å². The van der Waals surface area contributed by atoms with Gasteiger partial charge in [0.1, 0.15) is 0 Å². The maximum Gasteiger partial charge on any atom is 0.0895 e. The molecule has 1 atom stereocenters. The van der Waals surface area contributed by atoms with Crippen LogP contribution in [-0.2, 0) is 16.0 Å². The van der Waals surface area contributed by atoms with Gasteiger partial charge in [0.25, 0.3) is 0 Å². The molecule has 1 heterocycles. The van der Waals surface area contributed by atoms with Crippen molar-refractivity contribution in [2.24, 2.45) is 0 Å². The van der Waals surface area contributed by atoms with Crippen LogP contribution < -0.4 is 5.32 Å². The lowest BCUT2D eigenvalue weighted by molar-refractivity contribution is -0.103. The molecule has 0 radical (unpaired) electrons. The number of nitrogens with one attached hydrogen (secondary N) is 1. The molecule has 3 heteroatoms. The standard InChI is InChI=1S/C18H29NO2/c1-17(2)13-16(18(3,4)21-17)20-12-8-11-19-14-15-9-6-5-7-10-15/h5-7,9-10,16,19H,8,11-14H2,1-4H3. The first-order valence-electron chi connectivity index (χ1n) is 7.95. The minimum absolute atomic E-state index is 0.0697. The van der Waals surface area contributed by atoms with E-state index in [1.807, 2.05) is 6.07 Å². The predicted molar refractivity (Wildman–Crippen MR) is 86.4 cm³/mol. The quantitative estimate of drug-likeness (QED) is 0.780. The largest absolute Gasteiger partial charge is 0.375 e. The second kappa shape index (κ2) is 6.91. The molecule has 0 saturated carbocycles. The first-order chi connectivity index (χ1) is 9.89. The fourth-order valence-corrected chi connectivity index (χ4v) is 3.02. The van der Waals surface area contributed by atoms with E-state index >= 15 is 0 Å². The minimum atomic E-state index is -0.180. The highest BCUT2D eigenvalue weighted by Crippen LogP contribution is 2.38.